The second kappa shape index (κ2) is 6.31. The summed E-state index contributed by atoms with van der Waals surface area (Å²) in [5.74, 6) is 1.13. The summed E-state index contributed by atoms with van der Waals surface area (Å²) in [6.45, 7) is 4.14. The monoisotopic (exact) mass is 287 g/mol. The number of hydrogen-bond donors (Lipinski definition) is 1. The number of benzene rings is 1. The minimum Gasteiger partial charge on any atom is -0.494 e. The number of carbonyl (C=O) groups is 1. The number of ketones is 1. The lowest BCUT2D eigenvalue weighted by atomic mass is 9.91. The Kier molecular flexibility index (Phi) is 4.25. The Labute approximate surface area is 124 Å². The highest BCUT2D eigenvalue weighted by atomic mass is 16.5. The van der Waals surface area contributed by atoms with Gasteiger partial charge in [0.2, 0.25) is 0 Å². The number of carbonyl (C=O) groups excluding carboxylic acids is 1. The van der Waals surface area contributed by atoms with Crippen molar-refractivity contribution in [2.75, 3.05) is 19.8 Å². The maximum Gasteiger partial charge on any atom is 0.168 e. The van der Waals surface area contributed by atoms with Gasteiger partial charge in [0, 0.05) is 41.8 Å². The first-order chi connectivity index (χ1) is 10.3. The molecule has 0 radical (unpaired) electrons. The van der Waals surface area contributed by atoms with Crippen molar-refractivity contribution in [1.82, 2.24) is 4.98 Å². The van der Waals surface area contributed by atoms with E-state index >= 15 is 0 Å². The summed E-state index contributed by atoms with van der Waals surface area (Å²) >= 11 is 0. The van der Waals surface area contributed by atoms with E-state index in [4.69, 9.17) is 9.47 Å². The molecule has 1 N–H and O–H groups in total. The zero-order valence-electron chi connectivity index (χ0n) is 12.4. The summed E-state index contributed by atoms with van der Waals surface area (Å²) in [4.78, 5) is 15.9. The summed E-state index contributed by atoms with van der Waals surface area (Å²) < 4.78 is 11.0. The largest absolute Gasteiger partial charge is 0.494 e. The van der Waals surface area contributed by atoms with Gasteiger partial charge in [-0.2, -0.15) is 0 Å². The molecule has 3 rings (SSSR count). The molecule has 0 unspecified atom stereocenters. The number of aromatic nitrogens is 1. The Bertz CT molecular complexity index is 626. The van der Waals surface area contributed by atoms with E-state index in [0.717, 1.165) is 41.5 Å². The van der Waals surface area contributed by atoms with E-state index in [9.17, 15) is 4.79 Å². The molecule has 0 aliphatic carbocycles. The molecule has 0 amide bonds. The van der Waals surface area contributed by atoms with E-state index in [2.05, 4.69) is 11.9 Å². The second-order valence-electron chi connectivity index (χ2n) is 5.51. The Balaban J connectivity index is 1.88. The van der Waals surface area contributed by atoms with Gasteiger partial charge in [-0.3, -0.25) is 4.79 Å². The molecule has 0 saturated carbocycles. The molecule has 2 aromatic rings. The summed E-state index contributed by atoms with van der Waals surface area (Å²) in [5, 5.41) is 0.958. The van der Waals surface area contributed by atoms with Crippen LogP contribution in [0.5, 0.6) is 5.75 Å². The van der Waals surface area contributed by atoms with Crippen molar-refractivity contribution in [2.24, 2.45) is 5.92 Å². The minimum absolute atomic E-state index is 0.0815. The van der Waals surface area contributed by atoms with Gasteiger partial charge in [-0.15, -0.1) is 0 Å². The van der Waals surface area contributed by atoms with Crippen molar-refractivity contribution in [3.05, 3.63) is 30.0 Å². The third-order valence-electron chi connectivity index (χ3n) is 3.98. The van der Waals surface area contributed by atoms with Crippen LogP contribution >= 0.6 is 0 Å². The van der Waals surface area contributed by atoms with Crippen LogP contribution in [0.15, 0.2) is 24.4 Å². The summed E-state index contributed by atoms with van der Waals surface area (Å²) in [7, 11) is 0. The zero-order valence-corrected chi connectivity index (χ0v) is 12.4. The molecule has 1 aliphatic heterocycles. The smallest absolute Gasteiger partial charge is 0.168 e. The highest BCUT2D eigenvalue weighted by Crippen LogP contribution is 2.28. The van der Waals surface area contributed by atoms with Crippen molar-refractivity contribution in [3.63, 3.8) is 0 Å². The second-order valence-corrected chi connectivity index (χ2v) is 5.51. The van der Waals surface area contributed by atoms with E-state index in [0.29, 0.717) is 19.8 Å². The van der Waals surface area contributed by atoms with Crippen LogP contribution in [-0.2, 0) is 4.74 Å². The fraction of sp³-hybridized carbons (Fsp3) is 0.471. The lowest BCUT2D eigenvalue weighted by Crippen LogP contribution is -2.23. The van der Waals surface area contributed by atoms with Gasteiger partial charge < -0.3 is 14.5 Å². The summed E-state index contributed by atoms with van der Waals surface area (Å²) in [6, 6.07) is 5.88. The van der Waals surface area contributed by atoms with Crippen LogP contribution in [-0.4, -0.2) is 30.6 Å². The summed E-state index contributed by atoms with van der Waals surface area (Å²) in [5.41, 5.74) is 1.76. The fourth-order valence-corrected chi connectivity index (χ4v) is 2.79. The molecule has 1 aromatic heterocycles. The van der Waals surface area contributed by atoms with Crippen molar-refractivity contribution < 1.29 is 14.3 Å². The molecule has 1 aromatic carbocycles. The number of ether oxygens (including phenoxy) is 2. The Hall–Kier alpha value is -1.81. The molecule has 4 heteroatoms. The molecule has 0 spiro atoms. The average Bonchev–Trinajstić information content (AvgIpc) is 2.96. The number of hydrogen-bond acceptors (Lipinski definition) is 3. The zero-order chi connectivity index (χ0) is 14.7. The fourth-order valence-electron chi connectivity index (χ4n) is 2.79. The van der Waals surface area contributed by atoms with Crippen molar-refractivity contribution in [1.29, 1.82) is 0 Å². The van der Waals surface area contributed by atoms with Gasteiger partial charge >= 0.3 is 0 Å². The number of rotatable bonds is 5. The van der Waals surface area contributed by atoms with Crippen LogP contribution in [0, 0.1) is 5.92 Å². The first-order valence-electron chi connectivity index (χ1n) is 7.65. The number of Topliss-reactive ketones (excluding diaryl/α,β-unsaturated/α-hetero) is 1. The molecule has 0 bridgehead atoms. The molecular weight excluding hydrogens is 266 g/mol. The van der Waals surface area contributed by atoms with Crippen LogP contribution in [0.4, 0.5) is 0 Å². The minimum atomic E-state index is 0.0815. The molecule has 21 heavy (non-hydrogen) atoms. The molecule has 0 atom stereocenters. The van der Waals surface area contributed by atoms with Gasteiger partial charge in [0.05, 0.1) is 6.61 Å². The van der Waals surface area contributed by atoms with Gasteiger partial charge in [0.15, 0.2) is 5.78 Å². The van der Waals surface area contributed by atoms with Crippen LogP contribution in [0.2, 0.25) is 0 Å². The third-order valence-corrected chi connectivity index (χ3v) is 3.98. The van der Waals surface area contributed by atoms with Crippen molar-refractivity contribution in [2.45, 2.75) is 26.2 Å². The maximum atomic E-state index is 12.7. The van der Waals surface area contributed by atoms with Gasteiger partial charge in [-0.25, -0.2) is 0 Å². The van der Waals surface area contributed by atoms with E-state index in [-0.39, 0.29) is 11.7 Å². The van der Waals surface area contributed by atoms with Gasteiger partial charge in [0.1, 0.15) is 5.75 Å². The standard InChI is InChI=1S/C17H21NO3/c1-2-7-21-13-3-4-16-14(10-13)15(11-18-16)17(19)12-5-8-20-9-6-12/h3-4,10-12,18H,2,5-9H2,1H3. The van der Waals surface area contributed by atoms with E-state index in [1.807, 2.05) is 24.4 Å². The molecule has 1 aliphatic rings. The van der Waals surface area contributed by atoms with Crippen LogP contribution < -0.4 is 4.74 Å². The Morgan fingerprint density at radius 3 is 2.95 bits per heavy atom. The van der Waals surface area contributed by atoms with Gasteiger partial charge in [0.25, 0.3) is 0 Å². The number of aromatic amines is 1. The predicted molar refractivity (Wildman–Crippen MR) is 82.0 cm³/mol. The average molecular weight is 287 g/mol. The third kappa shape index (κ3) is 2.95. The molecule has 2 heterocycles. The first-order valence-corrected chi connectivity index (χ1v) is 7.65. The topological polar surface area (TPSA) is 51.3 Å². The SMILES string of the molecule is CCCOc1ccc2[nH]cc(C(=O)C3CCOCC3)c2c1. The van der Waals surface area contributed by atoms with Crippen LogP contribution in [0.1, 0.15) is 36.5 Å². The van der Waals surface area contributed by atoms with Crippen LogP contribution in [0.3, 0.4) is 0 Å². The van der Waals surface area contributed by atoms with E-state index in [1.54, 1.807) is 0 Å². The Morgan fingerprint density at radius 2 is 2.19 bits per heavy atom. The normalized spacial score (nSPS) is 16.2. The lowest BCUT2D eigenvalue weighted by Gasteiger charge is -2.20. The number of nitrogens with one attached hydrogen (secondary N) is 1. The number of H-pyrrole nitrogens is 1. The Morgan fingerprint density at radius 1 is 1.38 bits per heavy atom. The highest BCUT2D eigenvalue weighted by Gasteiger charge is 2.24. The maximum absolute atomic E-state index is 12.7. The number of fused-ring (bicyclic) bond motifs is 1. The van der Waals surface area contributed by atoms with Crippen molar-refractivity contribution >= 4 is 16.7 Å². The van der Waals surface area contributed by atoms with Crippen molar-refractivity contribution in [3.8, 4) is 5.75 Å². The molecule has 1 saturated heterocycles. The molecule has 112 valence electrons. The first kappa shape index (κ1) is 14.1. The lowest BCUT2D eigenvalue weighted by molar-refractivity contribution is 0.0546. The highest BCUT2D eigenvalue weighted by molar-refractivity contribution is 6.09. The molecule has 1 fully saturated rings. The molecule has 4 nitrogen and oxygen atoms in total. The quantitative estimate of drug-likeness (QED) is 0.855. The van der Waals surface area contributed by atoms with Crippen LogP contribution in [0.25, 0.3) is 10.9 Å². The van der Waals surface area contributed by atoms with Gasteiger partial charge in [-0.05, 0) is 37.5 Å². The van der Waals surface area contributed by atoms with E-state index in [1.165, 1.54) is 0 Å². The summed E-state index contributed by atoms with van der Waals surface area (Å²) in [6.07, 6.45) is 4.43. The predicted octanol–water partition coefficient (Wildman–Crippen LogP) is 3.57. The van der Waals surface area contributed by atoms with E-state index < -0.39 is 0 Å². The molecular formula is C17H21NO3. The van der Waals surface area contributed by atoms with Gasteiger partial charge in [-0.1, -0.05) is 6.92 Å².